The van der Waals surface area contributed by atoms with Crippen molar-refractivity contribution in [2.75, 3.05) is 39.8 Å². The summed E-state index contributed by atoms with van der Waals surface area (Å²) in [4.78, 5) is 133. The number of rotatable bonds is 30. The first-order valence-corrected chi connectivity index (χ1v) is 32.8. The molecule has 0 saturated heterocycles. The molecule has 7 aromatic rings. The van der Waals surface area contributed by atoms with Crippen LogP contribution in [0.25, 0.3) is 32.9 Å². The van der Waals surface area contributed by atoms with E-state index < -0.39 is 108 Å². The standard InChI is InChI=1S/C77H89N7O12/c1-12-38-81(11)40-26-35-62(67(85)14-3)78-72(90)52(42-51-27-16-15-17-28-51)45-69(87)63(43-53-46-83(74(92)95-76(5,6)7)65-36-24-22-29-55(53)65)79-71(89)50(4)41-68(86)64(44-54-47-84(75(93)96-77(8,9)10)66-37-25-23-30-56(54)66)80-73(91)82(39-13-2)48-70(88)94-49-61-59-33-20-18-31-57(59)58-32-19-21-34-60(58)61/h2,12,15-25,27-34,36-37,46-47,50,52,61-64H,1,14,26,35,38-45,48-49H2,3-11H3,(H,78,90)(H,79,89)(H,80,91)/t50-,52+,62+,63+,64-/m1/s1. The van der Waals surface area contributed by atoms with E-state index in [-0.39, 0.29) is 50.5 Å². The summed E-state index contributed by atoms with van der Waals surface area (Å²) in [5.74, 6) is -3.39. The number of ketones is 3. The number of hydrogen-bond acceptors (Lipinski definition) is 13. The van der Waals surface area contributed by atoms with E-state index in [0.29, 0.717) is 58.9 Å². The van der Waals surface area contributed by atoms with Gasteiger partial charge in [0.25, 0.3) is 0 Å². The Morgan fingerprint density at radius 1 is 0.635 bits per heavy atom. The van der Waals surface area contributed by atoms with Crippen LogP contribution in [0.5, 0.6) is 0 Å². The summed E-state index contributed by atoms with van der Waals surface area (Å²) in [7, 11) is 1.94. The molecule has 504 valence electrons. The minimum Gasteiger partial charge on any atom is -0.463 e. The lowest BCUT2D eigenvalue weighted by molar-refractivity contribution is -0.144. The normalized spacial score (nSPS) is 13.6. The zero-order chi connectivity index (χ0) is 69.4. The number of benzene rings is 5. The van der Waals surface area contributed by atoms with Crippen LogP contribution in [-0.4, -0.2) is 141 Å². The number of para-hydroxylation sites is 2. The molecule has 0 aliphatic heterocycles. The van der Waals surface area contributed by atoms with Gasteiger partial charge in [-0.25, -0.2) is 14.4 Å². The molecule has 0 fully saturated rings. The summed E-state index contributed by atoms with van der Waals surface area (Å²) in [5, 5.41) is 9.89. The van der Waals surface area contributed by atoms with E-state index in [4.69, 9.17) is 20.6 Å². The van der Waals surface area contributed by atoms with Gasteiger partial charge < -0.3 is 40.0 Å². The molecule has 5 aromatic carbocycles. The molecular weight excluding hydrogens is 1210 g/mol. The number of likely N-dealkylation sites (N-methyl/N-ethyl adjacent to an activating group) is 1. The number of nitrogens with zero attached hydrogens (tertiary/aromatic N) is 4. The second kappa shape index (κ2) is 32.5. The maximum atomic E-state index is 15.4. The lowest BCUT2D eigenvalue weighted by Gasteiger charge is -2.26. The third kappa shape index (κ3) is 18.9. The van der Waals surface area contributed by atoms with Crippen molar-refractivity contribution in [2.45, 2.75) is 142 Å². The Labute approximate surface area is 562 Å². The van der Waals surface area contributed by atoms with Crippen LogP contribution in [0.3, 0.4) is 0 Å². The number of esters is 1. The number of carbonyl (C=O) groups excluding carboxylic acids is 9. The number of nitrogens with one attached hydrogen (secondary N) is 3. The summed E-state index contributed by atoms with van der Waals surface area (Å²) < 4.78 is 20.1. The molecule has 0 radical (unpaired) electrons. The van der Waals surface area contributed by atoms with Gasteiger partial charge in [-0.2, -0.15) is 0 Å². The quantitative estimate of drug-likeness (QED) is 0.0165. The van der Waals surface area contributed by atoms with Crippen LogP contribution in [0, 0.1) is 24.2 Å². The third-order valence-corrected chi connectivity index (χ3v) is 16.9. The summed E-state index contributed by atoms with van der Waals surface area (Å²) in [6.07, 6.45) is 9.26. The first kappa shape index (κ1) is 71.9. The molecule has 1 aliphatic carbocycles. The molecule has 1 aliphatic rings. The summed E-state index contributed by atoms with van der Waals surface area (Å²) >= 11 is 0. The van der Waals surface area contributed by atoms with E-state index in [0.717, 1.165) is 32.7 Å². The van der Waals surface area contributed by atoms with Crippen molar-refractivity contribution in [2.24, 2.45) is 11.8 Å². The average Bonchev–Trinajstić information content (AvgIpc) is 1.64. The van der Waals surface area contributed by atoms with Crippen LogP contribution in [0.15, 0.2) is 152 Å². The predicted octanol–water partition coefficient (Wildman–Crippen LogP) is 11.6. The van der Waals surface area contributed by atoms with E-state index in [2.05, 4.69) is 33.3 Å². The Hall–Kier alpha value is -9.93. The van der Waals surface area contributed by atoms with Crippen molar-refractivity contribution in [3.8, 4) is 23.5 Å². The topological polar surface area (TPSA) is 234 Å². The number of terminal acetylenes is 1. The lowest BCUT2D eigenvalue weighted by atomic mass is 9.88. The highest BCUT2D eigenvalue weighted by molar-refractivity contribution is 5.99. The first-order chi connectivity index (χ1) is 45.8. The lowest BCUT2D eigenvalue weighted by Crippen LogP contribution is -2.51. The number of Topliss-reactive ketones (excluding diaryl/α,β-unsaturated/α-hetero) is 3. The number of fused-ring (bicyclic) bond motifs is 5. The minimum absolute atomic E-state index is 0.0241. The maximum absolute atomic E-state index is 15.4. The van der Waals surface area contributed by atoms with Crippen molar-refractivity contribution < 1.29 is 57.4 Å². The zero-order valence-electron chi connectivity index (χ0n) is 56.5. The Bertz CT molecular complexity index is 3990. The number of hydrogen-bond donors (Lipinski definition) is 3. The van der Waals surface area contributed by atoms with E-state index in [1.807, 2.05) is 85.9 Å². The monoisotopic (exact) mass is 1300 g/mol. The first-order valence-electron chi connectivity index (χ1n) is 32.8. The van der Waals surface area contributed by atoms with E-state index in [1.165, 1.54) is 22.3 Å². The van der Waals surface area contributed by atoms with Gasteiger partial charge >= 0.3 is 24.2 Å². The summed E-state index contributed by atoms with van der Waals surface area (Å²) in [6, 6.07) is 34.4. The van der Waals surface area contributed by atoms with E-state index in [1.54, 1.807) is 109 Å². The smallest absolute Gasteiger partial charge is 0.419 e. The average molecular weight is 1300 g/mol. The Kier molecular flexibility index (Phi) is 24.3. The maximum Gasteiger partial charge on any atom is 0.419 e. The Morgan fingerprint density at radius 2 is 1.14 bits per heavy atom. The molecule has 2 heterocycles. The fourth-order valence-corrected chi connectivity index (χ4v) is 12.2. The van der Waals surface area contributed by atoms with Crippen LogP contribution < -0.4 is 16.0 Å². The van der Waals surface area contributed by atoms with Crippen molar-refractivity contribution in [1.29, 1.82) is 0 Å². The van der Waals surface area contributed by atoms with Crippen molar-refractivity contribution in [3.63, 3.8) is 0 Å². The zero-order valence-corrected chi connectivity index (χ0v) is 56.5. The number of urea groups is 1. The molecule has 96 heavy (non-hydrogen) atoms. The van der Waals surface area contributed by atoms with Gasteiger partial charge in [-0.1, -0.05) is 141 Å². The number of ether oxygens (including phenoxy) is 3. The van der Waals surface area contributed by atoms with E-state index >= 15 is 14.4 Å². The van der Waals surface area contributed by atoms with Gasteiger partial charge in [0.05, 0.1) is 35.7 Å². The van der Waals surface area contributed by atoms with Gasteiger partial charge in [-0.05, 0) is 125 Å². The van der Waals surface area contributed by atoms with Crippen LogP contribution in [0.2, 0.25) is 0 Å². The number of amides is 4. The Balaban J connectivity index is 1.09. The van der Waals surface area contributed by atoms with Gasteiger partial charge in [-0.15, -0.1) is 13.0 Å². The van der Waals surface area contributed by atoms with Crippen molar-refractivity contribution in [3.05, 3.63) is 180 Å². The predicted molar refractivity (Wildman–Crippen MR) is 370 cm³/mol. The van der Waals surface area contributed by atoms with E-state index in [9.17, 15) is 28.8 Å². The van der Waals surface area contributed by atoms with Gasteiger partial charge in [-0.3, -0.25) is 37.9 Å². The fourth-order valence-electron chi connectivity index (χ4n) is 12.2. The molecule has 3 N–H and O–H groups in total. The molecule has 5 atom stereocenters. The third-order valence-electron chi connectivity index (χ3n) is 16.9. The molecule has 19 heteroatoms. The fraction of sp³-hybridized carbons (Fsp3) is 0.390. The number of carbonyl (C=O) groups is 9. The van der Waals surface area contributed by atoms with Crippen molar-refractivity contribution >= 4 is 75.2 Å². The SMILES string of the molecule is C#CCN(CC(=O)OCC1c2ccccc2-c2ccccc21)C(=O)N[C@H](Cc1cn(C(=O)OC(C)(C)C)c2ccccc12)C(=O)C[C@@H](C)C(=O)N[C@@H](Cc1cn(C(=O)OC(C)(C)C)c2ccccc12)C(=O)C[C@H](Cc1ccccc1)C(=O)N[C@@H](CCCN(C)CC=C)C(=O)CC. The van der Waals surface area contributed by atoms with Gasteiger partial charge in [0, 0.05) is 79.6 Å². The highest BCUT2D eigenvalue weighted by Crippen LogP contribution is 2.44. The summed E-state index contributed by atoms with van der Waals surface area (Å²) in [5.41, 5.74) is 4.93. The second-order valence-corrected chi connectivity index (χ2v) is 26.7. The molecular formula is C77H89N7O12. The molecule has 0 spiro atoms. The van der Waals surface area contributed by atoms with Crippen LogP contribution in [-0.2, 0) is 62.2 Å². The highest BCUT2D eigenvalue weighted by atomic mass is 16.6. The molecule has 8 rings (SSSR count). The van der Waals surface area contributed by atoms with Gasteiger partial charge in [0.15, 0.2) is 17.3 Å². The highest BCUT2D eigenvalue weighted by Gasteiger charge is 2.36. The molecule has 0 saturated carbocycles. The molecule has 0 bridgehead atoms. The van der Waals surface area contributed by atoms with Gasteiger partial charge in [0.1, 0.15) is 24.4 Å². The number of aromatic nitrogens is 2. The second-order valence-electron chi connectivity index (χ2n) is 26.7. The molecule has 0 unspecified atom stereocenters. The van der Waals surface area contributed by atoms with Gasteiger partial charge in [0.2, 0.25) is 11.8 Å². The molecule has 4 amide bonds. The largest absolute Gasteiger partial charge is 0.463 e. The van der Waals surface area contributed by atoms with Crippen LogP contribution in [0.4, 0.5) is 14.4 Å². The van der Waals surface area contributed by atoms with Crippen molar-refractivity contribution in [1.82, 2.24) is 34.9 Å². The molecule has 2 aromatic heterocycles. The van der Waals surface area contributed by atoms with Crippen LogP contribution in [0.1, 0.15) is 121 Å². The molecule has 19 nitrogen and oxygen atoms in total. The Morgan fingerprint density at radius 3 is 1.67 bits per heavy atom. The van der Waals surface area contributed by atoms with Crippen LogP contribution >= 0.6 is 0 Å². The summed E-state index contributed by atoms with van der Waals surface area (Å²) in [6.45, 7) is 17.8. The minimum atomic E-state index is -1.42.